The van der Waals surface area contributed by atoms with Crippen molar-refractivity contribution in [3.8, 4) is 5.75 Å². The van der Waals surface area contributed by atoms with Crippen molar-refractivity contribution in [3.63, 3.8) is 0 Å². The lowest BCUT2D eigenvalue weighted by Gasteiger charge is -2.31. The van der Waals surface area contributed by atoms with Crippen molar-refractivity contribution in [3.05, 3.63) is 29.3 Å². The molecule has 0 aromatic heterocycles. The summed E-state index contributed by atoms with van der Waals surface area (Å²) in [7, 11) is 1.36. The van der Waals surface area contributed by atoms with Gasteiger partial charge in [0.15, 0.2) is 0 Å². The lowest BCUT2D eigenvalue weighted by Crippen LogP contribution is -2.30. The highest BCUT2D eigenvalue weighted by Gasteiger charge is 2.30. The molecule has 1 rings (SSSR count). The Balaban J connectivity index is 3.23. The molecule has 2 N–H and O–H groups in total. The van der Waals surface area contributed by atoms with Crippen molar-refractivity contribution < 1.29 is 13.5 Å². The zero-order valence-electron chi connectivity index (χ0n) is 10.7. The molecule has 0 saturated carbocycles. The zero-order valence-corrected chi connectivity index (χ0v) is 10.7. The Kier molecular flexibility index (Phi) is 4.09. The lowest BCUT2D eigenvalue weighted by atomic mass is 9.78. The van der Waals surface area contributed by atoms with Gasteiger partial charge in [0, 0.05) is 23.7 Å². The van der Waals surface area contributed by atoms with E-state index in [1.165, 1.54) is 7.11 Å². The van der Waals surface area contributed by atoms with Gasteiger partial charge >= 0.3 is 0 Å². The largest absolute Gasteiger partial charge is 0.497 e. The van der Waals surface area contributed by atoms with E-state index in [0.717, 1.165) is 18.6 Å². The van der Waals surface area contributed by atoms with Gasteiger partial charge in [0.25, 0.3) is 0 Å². The predicted octanol–water partition coefficient (Wildman–Crippen LogP) is 3.41. The van der Waals surface area contributed by atoms with Crippen molar-refractivity contribution in [2.45, 2.75) is 33.2 Å². The van der Waals surface area contributed by atoms with Crippen LogP contribution < -0.4 is 10.5 Å². The van der Waals surface area contributed by atoms with Gasteiger partial charge in [-0.15, -0.1) is 0 Å². The van der Waals surface area contributed by atoms with E-state index < -0.39 is 17.7 Å². The van der Waals surface area contributed by atoms with Gasteiger partial charge in [-0.1, -0.05) is 20.8 Å². The van der Waals surface area contributed by atoms with Gasteiger partial charge in [-0.25, -0.2) is 8.78 Å². The minimum Gasteiger partial charge on any atom is -0.497 e. The number of hydrogen-bond donors (Lipinski definition) is 1. The summed E-state index contributed by atoms with van der Waals surface area (Å²) >= 11 is 0. The van der Waals surface area contributed by atoms with Gasteiger partial charge in [-0.05, 0) is 11.8 Å². The van der Waals surface area contributed by atoms with Crippen molar-refractivity contribution in [2.75, 3.05) is 7.11 Å². The highest BCUT2D eigenvalue weighted by Crippen LogP contribution is 2.37. The summed E-state index contributed by atoms with van der Waals surface area (Å²) in [6, 6.07) is 1.63. The number of benzene rings is 1. The number of rotatable bonds is 4. The number of halogens is 2. The molecule has 96 valence electrons. The van der Waals surface area contributed by atoms with Crippen LogP contribution in [-0.4, -0.2) is 7.11 Å². The average molecular weight is 243 g/mol. The van der Waals surface area contributed by atoms with E-state index >= 15 is 0 Å². The fourth-order valence-electron chi connectivity index (χ4n) is 1.59. The third kappa shape index (κ3) is 2.75. The zero-order chi connectivity index (χ0) is 13.2. The molecule has 2 nitrogen and oxygen atoms in total. The second-order valence-electron chi connectivity index (χ2n) is 4.82. The number of hydrogen-bond acceptors (Lipinski definition) is 2. The Bertz CT molecular complexity index is 381. The summed E-state index contributed by atoms with van der Waals surface area (Å²) in [5, 5.41) is 0. The molecule has 0 aliphatic heterocycles. The van der Waals surface area contributed by atoms with E-state index in [2.05, 4.69) is 0 Å². The maximum Gasteiger partial charge on any atom is 0.134 e. The van der Waals surface area contributed by atoms with Crippen LogP contribution in [0.4, 0.5) is 8.78 Å². The highest BCUT2D eigenvalue weighted by atomic mass is 19.1. The fraction of sp³-hybridized carbons (Fsp3) is 0.538. The predicted molar refractivity (Wildman–Crippen MR) is 63.9 cm³/mol. The van der Waals surface area contributed by atoms with Crippen LogP contribution in [0, 0.1) is 17.0 Å². The second kappa shape index (κ2) is 5.00. The van der Waals surface area contributed by atoms with Crippen LogP contribution >= 0.6 is 0 Å². The first-order valence-corrected chi connectivity index (χ1v) is 5.62. The second-order valence-corrected chi connectivity index (χ2v) is 4.82. The molecule has 0 saturated heterocycles. The van der Waals surface area contributed by atoms with E-state index in [1.807, 2.05) is 20.8 Å². The first kappa shape index (κ1) is 13.9. The molecule has 0 aliphatic rings. The van der Waals surface area contributed by atoms with Gasteiger partial charge in [0.2, 0.25) is 0 Å². The summed E-state index contributed by atoms with van der Waals surface area (Å²) in [6.45, 7) is 5.72. The van der Waals surface area contributed by atoms with Gasteiger partial charge in [0.05, 0.1) is 7.11 Å². The van der Waals surface area contributed by atoms with Gasteiger partial charge in [-0.2, -0.15) is 0 Å². The third-order valence-corrected chi connectivity index (χ3v) is 3.35. The highest BCUT2D eigenvalue weighted by molar-refractivity contribution is 5.33. The normalized spacial score (nSPS) is 13.6. The van der Waals surface area contributed by atoms with E-state index in [4.69, 9.17) is 10.5 Å². The summed E-state index contributed by atoms with van der Waals surface area (Å²) in [5.41, 5.74) is 5.52. The molecule has 0 fully saturated rings. The molecule has 0 heterocycles. The molecular weight excluding hydrogens is 224 g/mol. The molecule has 4 heteroatoms. The molecule has 1 atom stereocenters. The van der Waals surface area contributed by atoms with Gasteiger partial charge < -0.3 is 10.5 Å². The smallest absolute Gasteiger partial charge is 0.134 e. The Morgan fingerprint density at radius 1 is 1.29 bits per heavy atom. The van der Waals surface area contributed by atoms with Crippen LogP contribution in [0.25, 0.3) is 0 Å². The third-order valence-electron chi connectivity index (χ3n) is 3.35. The minimum atomic E-state index is -0.682. The number of ether oxygens (including phenoxy) is 1. The summed E-state index contributed by atoms with van der Waals surface area (Å²) in [6.07, 6.45) is 0.735. The van der Waals surface area contributed by atoms with Crippen molar-refractivity contribution in [2.24, 2.45) is 11.1 Å². The maximum absolute atomic E-state index is 13.8. The van der Waals surface area contributed by atoms with Crippen LogP contribution in [0.1, 0.15) is 38.8 Å². The Morgan fingerprint density at radius 3 is 2.12 bits per heavy atom. The standard InChI is InChI=1S/C13H19F2NO/c1-5-13(2,3)12(16)11-9(14)6-8(17-4)7-10(11)15/h6-7,12H,5,16H2,1-4H3. The number of methoxy groups -OCH3 is 1. The summed E-state index contributed by atoms with van der Waals surface area (Å²) in [5.74, 6) is -1.16. The van der Waals surface area contributed by atoms with E-state index in [-0.39, 0.29) is 16.7 Å². The average Bonchev–Trinajstić information content (AvgIpc) is 2.27. The molecule has 1 aromatic rings. The van der Waals surface area contributed by atoms with Crippen LogP contribution in [0.2, 0.25) is 0 Å². The number of nitrogens with two attached hydrogens (primary N) is 1. The van der Waals surface area contributed by atoms with Gasteiger partial charge in [-0.3, -0.25) is 0 Å². The first-order chi connectivity index (χ1) is 7.83. The van der Waals surface area contributed by atoms with Gasteiger partial charge in [0.1, 0.15) is 17.4 Å². The monoisotopic (exact) mass is 243 g/mol. The molecule has 17 heavy (non-hydrogen) atoms. The SMILES string of the molecule is CCC(C)(C)C(N)c1c(F)cc(OC)cc1F. The summed E-state index contributed by atoms with van der Waals surface area (Å²) < 4.78 is 32.4. The van der Waals surface area contributed by atoms with E-state index in [1.54, 1.807) is 0 Å². The Hall–Kier alpha value is -1.16. The molecule has 0 radical (unpaired) electrons. The minimum absolute atomic E-state index is 0.0716. The van der Waals surface area contributed by atoms with Crippen LogP contribution in [-0.2, 0) is 0 Å². The Labute approximate surface area is 101 Å². The fourth-order valence-corrected chi connectivity index (χ4v) is 1.59. The molecule has 0 aliphatic carbocycles. The maximum atomic E-state index is 13.8. The van der Waals surface area contributed by atoms with Crippen LogP contribution in [0.5, 0.6) is 5.75 Å². The van der Waals surface area contributed by atoms with Crippen molar-refractivity contribution >= 4 is 0 Å². The Morgan fingerprint density at radius 2 is 1.76 bits per heavy atom. The molecule has 0 spiro atoms. The summed E-state index contributed by atoms with van der Waals surface area (Å²) in [4.78, 5) is 0. The molecule has 0 amide bonds. The molecule has 0 bridgehead atoms. The first-order valence-electron chi connectivity index (χ1n) is 5.62. The van der Waals surface area contributed by atoms with Crippen molar-refractivity contribution in [1.29, 1.82) is 0 Å². The molecule has 1 unspecified atom stereocenters. The quantitative estimate of drug-likeness (QED) is 0.879. The van der Waals surface area contributed by atoms with Crippen LogP contribution in [0.3, 0.4) is 0 Å². The molecular formula is C13H19F2NO. The van der Waals surface area contributed by atoms with Crippen molar-refractivity contribution in [1.82, 2.24) is 0 Å². The molecule has 1 aromatic carbocycles. The van der Waals surface area contributed by atoms with E-state index in [9.17, 15) is 8.78 Å². The lowest BCUT2D eigenvalue weighted by molar-refractivity contribution is 0.266. The van der Waals surface area contributed by atoms with E-state index in [0.29, 0.717) is 0 Å². The van der Waals surface area contributed by atoms with Crippen LogP contribution in [0.15, 0.2) is 12.1 Å². The topological polar surface area (TPSA) is 35.2 Å².